The number of rotatable bonds is 5. The van der Waals surface area contributed by atoms with Crippen molar-refractivity contribution < 1.29 is 19.1 Å². The average molecular weight is 452 g/mol. The zero-order valence-electron chi connectivity index (χ0n) is 18.1. The molecular weight excluding hydrogens is 436 g/mol. The Kier molecular flexibility index (Phi) is 6.01. The standard InChI is InChI=1S/C24H16N6O4/c1-33-21-17(23(31)27-29-25)11-13-7-3-5-9-15(13)19(21)20-16-10-6-4-8-14(16)12-18(22(20)34-2)24(32)28-30-26/h3-12H,1-2H3. The van der Waals surface area contributed by atoms with E-state index in [1.807, 2.05) is 24.3 Å². The van der Waals surface area contributed by atoms with Crippen LogP contribution in [-0.4, -0.2) is 26.0 Å². The van der Waals surface area contributed by atoms with Crippen LogP contribution < -0.4 is 9.47 Å². The van der Waals surface area contributed by atoms with Crippen molar-refractivity contribution in [3.63, 3.8) is 0 Å². The number of hydrogen-bond acceptors (Lipinski definition) is 4. The normalized spacial score (nSPS) is 10.3. The molecule has 4 aromatic carbocycles. The molecule has 0 fully saturated rings. The van der Waals surface area contributed by atoms with Gasteiger partial charge in [-0.15, -0.1) is 0 Å². The zero-order valence-corrected chi connectivity index (χ0v) is 18.1. The van der Waals surface area contributed by atoms with Crippen LogP contribution in [0.5, 0.6) is 11.5 Å². The van der Waals surface area contributed by atoms with Crippen LogP contribution in [0.3, 0.4) is 0 Å². The van der Waals surface area contributed by atoms with E-state index < -0.39 is 11.8 Å². The van der Waals surface area contributed by atoms with Gasteiger partial charge in [0.05, 0.1) is 25.3 Å². The molecule has 10 heteroatoms. The number of fused-ring (bicyclic) bond motifs is 2. The van der Waals surface area contributed by atoms with Crippen LogP contribution in [0.4, 0.5) is 0 Å². The van der Waals surface area contributed by atoms with E-state index in [-0.39, 0.29) is 22.6 Å². The number of nitrogens with zero attached hydrogens (tertiary/aromatic N) is 6. The molecule has 0 aromatic heterocycles. The summed E-state index contributed by atoms with van der Waals surface area (Å²) in [5, 5.41) is 9.23. The highest BCUT2D eigenvalue weighted by atomic mass is 16.5. The van der Waals surface area contributed by atoms with Crippen LogP contribution >= 0.6 is 0 Å². The molecule has 0 bridgehead atoms. The number of carbonyl (C=O) groups is 2. The Morgan fingerprint density at radius 2 is 1.09 bits per heavy atom. The maximum Gasteiger partial charge on any atom is 0.252 e. The van der Waals surface area contributed by atoms with E-state index in [1.165, 1.54) is 14.2 Å². The molecule has 0 spiro atoms. The second-order valence-corrected chi connectivity index (χ2v) is 7.10. The summed E-state index contributed by atoms with van der Waals surface area (Å²) in [5.41, 5.74) is 18.7. The third-order valence-corrected chi connectivity index (χ3v) is 5.39. The van der Waals surface area contributed by atoms with Crippen molar-refractivity contribution in [1.29, 1.82) is 0 Å². The average Bonchev–Trinajstić information content (AvgIpc) is 2.86. The Morgan fingerprint density at radius 3 is 1.44 bits per heavy atom. The number of ether oxygens (including phenoxy) is 2. The fourth-order valence-corrected chi connectivity index (χ4v) is 4.08. The van der Waals surface area contributed by atoms with Crippen molar-refractivity contribution >= 4 is 33.4 Å². The lowest BCUT2D eigenvalue weighted by Crippen LogP contribution is -2.05. The topological polar surface area (TPSA) is 150 Å². The lowest BCUT2D eigenvalue weighted by atomic mass is 9.88. The van der Waals surface area contributed by atoms with Crippen LogP contribution in [0.1, 0.15) is 20.7 Å². The van der Waals surface area contributed by atoms with Gasteiger partial charge in [0, 0.05) is 21.0 Å². The molecule has 4 aromatic rings. The summed E-state index contributed by atoms with van der Waals surface area (Å²) < 4.78 is 11.4. The molecule has 0 atom stereocenters. The summed E-state index contributed by atoms with van der Waals surface area (Å²) in [7, 11) is 2.79. The highest BCUT2D eigenvalue weighted by Crippen LogP contribution is 2.48. The lowest BCUT2D eigenvalue weighted by Gasteiger charge is -2.21. The van der Waals surface area contributed by atoms with Gasteiger partial charge < -0.3 is 9.47 Å². The maximum absolute atomic E-state index is 12.7. The molecule has 166 valence electrons. The molecule has 0 aliphatic carbocycles. The summed E-state index contributed by atoms with van der Waals surface area (Å²) in [6.07, 6.45) is 0. The van der Waals surface area contributed by atoms with Gasteiger partial charge in [0.15, 0.2) is 0 Å². The molecule has 0 aliphatic heterocycles. The molecule has 0 unspecified atom stereocenters. The molecule has 34 heavy (non-hydrogen) atoms. The van der Waals surface area contributed by atoms with Crippen LogP contribution in [0, 0.1) is 0 Å². The van der Waals surface area contributed by atoms with Crippen molar-refractivity contribution in [1.82, 2.24) is 0 Å². The zero-order chi connectivity index (χ0) is 24.2. The van der Waals surface area contributed by atoms with E-state index in [0.29, 0.717) is 32.7 Å². The third-order valence-electron chi connectivity index (χ3n) is 5.39. The summed E-state index contributed by atoms with van der Waals surface area (Å²) in [5.74, 6) is -1.35. The highest BCUT2D eigenvalue weighted by molar-refractivity contribution is 6.16. The smallest absolute Gasteiger partial charge is 0.252 e. The molecular formula is C24H16N6O4. The van der Waals surface area contributed by atoms with E-state index in [9.17, 15) is 9.59 Å². The van der Waals surface area contributed by atoms with Gasteiger partial charge in [-0.3, -0.25) is 9.59 Å². The maximum atomic E-state index is 12.7. The predicted molar refractivity (Wildman–Crippen MR) is 127 cm³/mol. The number of hydrogen-bond donors (Lipinski definition) is 0. The minimum Gasteiger partial charge on any atom is -0.495 e. The number of azide groups is 2. The Morgan fingerprint density at radius 1 is 0.706 bits per heavy atom. The van der Waals surface area contributed by atoms with Gasteiger partial charge in [0.1, 0.15) is 11.5 Å². The third kappa shape index (κ3) is 3.61. The minimum atomic E-state index is -0.823. The second kappa shape index (κ2) is 9.22. The van der Waals surface area contributed by atoms with Gasteiger partial charge in [-0.05, 0) is 55.0 Å². The first-order valence-electron chi connectivity index (χ1n) is 9.94. The molecule has 0 saturated heterocycles. The Bertz CT molecular complexity index is 1460. The fourth-order valence-electron chi connectivity index (χ4n) is 4.08. The summed E-state index contributed by atoms with van der Waals surface area (Å²) in [6.45, 7) is 0. The van der Waals surface area contributed by atoms with E-state index in [2.05, 4.69) is 20.1 Å². The van der Waals surface area contributed by atoms with Crippen molar-refractivity contribution in [3.05, 3.63) is 92.7 Å². The first-order chi connectivity index (χ1) is 16.5. The highest BCUT2D eigenvalue weighted by Gasteiger charge is 2.26. The first kappa shape index (κ1) is 22.2. The molecule has 4 rings (SSSR count). The van der Waals surface area contributed by atoms with E-state index in [4.69, 9.17) is 20.5 Å². The molecule has 0 saturated carbocycles. The van der Waals surface area contributed by atoms with Crippen LogP contribution in [0.15, 0.2) is 70.9 Å². The SMILES string of the molecule is COc1c(C(=O)N=[N+]=[N-])cc2ccccc2c1-c1c(OC)c(C(=O)N=[N+]=[N-])cc2ccccc12. The van der Waals surface area contributed by atoms with Gasteiger partial charge in [-0.2, -0.15) is 0 Å². The van der Waals surface area contributed by atoms with Crippen molar-refractivity contribution in [3.8, 4) is 22.6 Å². The largest absolute Gasteiger partial charge is 0.495 e. The van der Waals surface area contributed by atoms with Crippen molar-refractivity contribution in [2.24, 2.45) is 10.2 Å². The summed E-state index contributed by atoms with van der Waals surface area (Å²) in [6, 6.07) is 17.7. The van der Waals surface area contributed by atoms with Gasteiger partial charge in [0.25, 0.3) is 11.8 Å². The van der Waals surface area contributed by atoms with Crippen LogP contribution in [-0.2, 0) is 0 Å². The first-order valence-corrected chi connectivity index (χ1v) is 9.94. The molecule has 0 heterocycles. The van der Waals surface area contributed by atoms with Gasteiger partial charge in [-0.1, -0.05) is 48.5 Å². The Balaban J connectivity index is 2.29. The van der Waals surface area contributed by atoms with Crippen molar-refractivity contribution in [2.45, 2.75) is 0 Å². The Hall–Kier alpha value is -5.04. The minimum absolute atomic E-state index is 0.0481. The number of carbonyl (C=O) groups excluding carboxylic acids is 2. The Labute approximate surface area is 192 Å². The molecule has 0 N–H and O–H groups in total. The van der Waals surface area contributed by atoms with Crippen LogP contribution in [0.2, 0.25) is 0 Å². The summed E-state index contributed by atoms with van der Waals surface area (Å²) in [4.78, 5) is 30.6. The van der Waals surface area contributed by atoms with E-state index >= 15 is 0 Å². The van der Waals surface area contributed by atoms with Gasteiger partial charge >= 0.3 is 0 Å². The summed E-state index contributed by atoms with van der Waals surface area (Å²) >= 11 is 0. The number of amides is 2. The van der Waals surface area contributed by atoms with Crippen LogP contribution in [0.25, 0.3) is 53.6 Å². The number of benzene rings is 4. The van der Waals surface area contributed by atoms with E-state index in [0.717, 1.165) is 0 Å². The van der Waals surface area contributed by atoms with E-state index in [1.54, 1.807) is 36.4 Å². The quantitative estimate of drug-likeness (QED) is 0.191. The predicted octanol–water partition coefficient (Wildman–Crippen LogP) is 6.58. The molecule has 10 nitrogen and oxygen atoms in total. The second-order valence-electron chi connectivity index (χ2n) is 7.10. The molecule has 0 aliphatic rings. The lowest BCUT2D eigenvalue weighted by molar-refractivity contribution is 0.0989. The van der Waals surface area contributed by atoms with Crippen molar-refractivity contribution in [2.75, 3.05) is 14.2 Å². The number of methoxy groups -OCH3 is 2. The molecule has 2 amide bonds. The van der Waals surface area contributed by atoms with Gasteiger partial charge in [-0.25, -0.2) is 0 Å². The monoisotopic (exact) mass is 452 g/mol. The fraction of sp³-hybridized carbons (Fsp3) is 0.0833. The molecule has 0 radical (unpaired) electrons. The van der Waals surface area contributed by atoms with Gasteiger partial charge in [0.2, 0.25) is 0 Å².